The van der Waals surface area contributed by atoms with Crippen molar-refractivity contribution in [1.82, 2.24) is 5.32 Å². The molecular weight excluding hydrogens is 153 g/mol. The van der Waals surface area contributed by atoms with Gasteiger partial charge in [0.2, 0.25) is 11.8 Å². The zero-order valence-corrected chi connectivity index (χ0v) is 5.65. The molecule has 7 heteroatoms. The maximum absolute atomic E-state index is 10.1. The van der Waals surface area contributed by atoms with E-state index in [1.165, 1.54) is 0 Å². The van der Waals surface area contributed by atoms with Crippen LogP contribution in [0.25, 0.3) is 0 Å². The molecule has 4 N–H and O–H groups in total. The predicted molar refractivity (Wildman–Crippen MR) is 34.8 cm³/mol. The van der Waals surface area contributed by atoms with E-state index in [0.29, 0.717) is 12.8 Å². The molecule has 0 aliphatic carbocycles. The molecule has 0 unspecified atom stereocenters. The fraction of sp³-hybridized carbons (Fsp3) is 0.500. The van der Waals surface area contributed by atoms with Crippen molar-refractivity contribution in [2.45, 2.75) is 12.8 Å². The smallest absolute Gasteiger partial charge is 0.402 e. The Morgan fingerprint density at radius 1 is 1.09 bits per heavy atom. The summed E-state index contributed by atoms with van der Waals surface area (Å²) < 4.78 is 0. The zero-order valence-electron chi connectivity index (χ0n) is 5.65. The molecule has 1 aliphatic heterocycles. The third-order valence-electron chi connectivity index (χ3n) is 0.858. The SMILES string of the molecule is O=C1CCC(=O)N1.OB(O)O. The molecular formula is C4H8BNO5. The predicted octanol–water partition coefficient (Wildman–Crippen LogP) is -2.63. The molecule has 0 aromatic carbocycles. The Bertz CT molecular complexity index is 142. The molecule has 1 saturated heterocycles. The van der Waals surface area contributed by atoms with Gasteiger partial charge in [0.15, 0.2) is 0 Å². The minimum Gasteiger partial charge on any atom is -0.402 e. The lowest BCUT2D eigenvalue weighted by molar-refractivity contribution is -0.124. The molecule has 62 valence electrons. The minimum atomic E-state index is -2.17. The van der Waals surface area contributed by atoms with E-state index in [1.54, 1.807) is 0 Å². The number of hydrogen-bond acceptors (Lipinski definition) is 5. The Morgan fingerprint density at radius 3 is 1.45 bits per heavy atom. The summed E-state index contributed by atoms with van der Waals surface area (Å²) in [4.78, 5) is 20.2. The van der Waals surface area contributed by atoms with Crippen LogP contribution in [0.4, 0.5) is 0 Å². The van der Waals surface area contributed by atoms with Crippen molar-refractivity contribution in [3.8, 4) is 0 Å². The van der Waals surface area contributed by atoms with Crippen LogP contribution in [0.15, 0.2) is 0 Å². The van der Waals surface area contributed by atoms with Gasteiger partial charge < -0.3 is 15.1 Å². The third-order valence-corrected chi connectivity index (χ3v) is 0.858. The van der Waals surface area contributed by atoms with Crippen LogP contribution in [0, 0.1) is 0 Å². The van der Waals surface area contributed by atoms with Gasteiger partial charge in [-0.15, -0.1) is 0 Å². The Hall–Kier alpha value is -0.915. The van der Waals surface area contributed by atoms with E-state index < -0.39 is 7.32 Å². The molecule has 2 amide bonds. The molecule has 0 spiro atoms. The Labute approximate surface area is 63.0 Å². The van der Waals surface area contributed by atoms with Crippen LogP contribution in [0.5, 0.6) is 0 Å². The minimum absolute atomic E-state index is 0.148. The topological polar surface area (TPSA) is 107 Å². The van der Waals surface area contributed by atoms with E-state index in [0.717, 1.165) is 0 Å². The maximum Gasteiger partial charge on any atom is 0.631 e. The lowest BCUT2D eigenvalue weighted by atomic mass is 10.3. The second kappa shape index (κ2) is 4.83. The number of carbonyl (C=O) groups excluding carboxylic acids is 2. The Morgan fingerprint density at radius 2 is 1.36 bits per heavy atom. The fourth-order valence-electron chi connectivity index (χ4n) is 0.508. The summed E-state index contributed by atoms with van der Waals surface area (Å²) in [5.74, 6) is -0.296. The van der Waals surface area contributed by atoms with E-state index in [4.69, 9.17) is 15.1 Å². The quantitative estimate of drug-likeness (QED) is 0.229. The summed E-state index contributed by atoms with van der Waals surface area (Å²) in [5.41, 5.74) is 0. The molecule has 0 aromatic rings. The summed E-state index contributed by atoms with van der Waals surface area (Å²) in [6, 6.07) is 0. The Kier molecular flexibility index (Phi) is 4.43. The first-order chi connectivity index (χ1) is 5.02. The standard InChI is InChI=1S/C4H5NO2.BH3O3/c6-3-1-2-4(7)5-3;2-1(3)4/h1-2H2,(H,5,6,7);2-4H. The molecule has 0 bridgehead atoms. The second-order valence-electron chi connectivity index (χ2n) is 1.82. The molecule has 6 nitrogen and oxygen atoms in total. The van der Waals surface area contributed by atoms with Gasteiger partial charge >= 0.3 is 7.32 Å². The molecule has 1 fully saturated rings. The summed E-state index contributed by atoms with van der Waals surface area (Å²) in [5, 5.41) is 23.6. The van der Waals surface area contributed by atoms with Gasteiger partial charge in [0.1, 0.15) is 0 Å². The average molecular weight is 161 g/mol. The zero-order chi connectivity index (χ0) is 8.85. The highest BCUT2D eigenvalue weighted by Gasteiger charge is 2.15. The maximum atomic E-state index is 10.1. The van der Waals surface area contributed by atoms with Crippen LogP contribution >= 0.6 is 0 Å². The van der Waals surface area contributed by atoms with Gasteiger partial charge in [-0.2, -0.15) is 0 Å². The first-order valence-corrected chi connectivity index (χ1v) is 2.89. The van der Waals surface area contributed by atoms with Gasteiger partial charge in [-0.25, -0.2) is 0 Å². The van der Waals surface area contributed by atoms with E-state index >= 15 is 0 Å². The second-order valence-corrected chi connectivity index (χ2v) is 1.82. The van der Waals surface area contributed by atoms with Crippen LogP contribution in [0.2, 0.25) is 0 Å². The summed E-state index contributed by atoms with van der Waals surface area (Å²) in [6.07, 6.45) is 0.748. The average Bonchev–Trinajstić information content (AvgIpc) is 2.13. The van der Waals surface area contributed by atoms with Crippen molar-refractivity contribution in [2.24, 2.45) is 0 Å². The largest absolute Gasteiger partial charge is 0.631 e. The van der Waals surface area contributed by atoms with Crippen molar-refractivity contribution in [3.63, 3.8) is 0 Å². The molecule has 1 heterocycles. The van der Waals surface area contributed by atoms with Crippen LogP contribution in [0.3, 0.4) is 0 Å². The number of imide groups is 1. The highest BCUT2D eigenvalue weighted by Crippen LogP contribution is 1.95. The van der Waals surface area contributed by atoms with Gasteiger partial charge in [0, 0.05) is 12.8 Å². The van der Waals surface area contributed by atoms with Crippen molar-refractivity contribution in [3.05, 3.63) is 0 Å². The van der Waals surface area contributed by atoms with Crippen molar-refractivity contribution in [1.29, 1.82) is 0 Å². The van der Waals surface area contributed by atoms with Gasteiger partial charge in [-0.05, 0) is 0 Å². The molecule has 11 heavy (non-hydrogen) atoms. The van der Waals surface area contributed by atoms with Gasteiger partial charge in [-0.1, -0.05) is 0 Å². The normalized spacial score (nSPS) is 15.2. The van der Waals surface area contributed by atoms with Crippen LogP contribution < -0.4 is 5.32 Å². The van der Waals surface area contributed by atoms with Crippen molar-refractivity contribution >= 4 is 19.1 Å². The molecule has 0 radical (unpaired) electrons. The number of carbonyl (C=O) groups is 2. The fourth-order valence-corrected chi connectivity index (χ4v) is 0.508. The molecule has 0 atom stereocenters. The Balaban J connectivity index is 0.000000218. The van der Waals surface area contributed by atoms with E-state index in [2.05, 4.69) is 5.32 Å². The monoisotopic (exact) mass is 161 g/mol. The van der Waals surface area contributed by atoms with Gasteiger partial charge in [0.25, 0.3) is 0 Å². The van der Waals surface area contributed by atoms with Gasteiger partial charge in [-0.3, -0.25) is 14.9 Å². The molecule has 1 aliphatic rings. The number of rotatable bonds is 0. The van der Waals surface area contributed by atoms with E-state index in [9.17, 15) is 9.59 Å². The van der Waals surface area contributed by atoms with Crippen LogP contribution in [-0.4, -0.2) is 34.2 Å². The molecule has 0 aromatic heterocycles. The molecule has 0 saturated carbocycles. The van der Waals surface area contributed by atoms with Crippen molar-refractivity contribution < 1.29 is 24.7 Å². The van der Waals surface area contributed by atoms with Crippen molar-refractivity contribution in [2.75, 3.05) is 0 Å². The van der Waals surface area contributed by atoms with Crippen LogP contribution in [-0.2, 0) is 9.59 Å². The third kappa shape index (κ3) is 6.98. The summed E-state index contributed by atoms with van der Waals surface area (Å²) >= 11 is 0. The first-order valence-electron chi connectivity index (χ1n) is 2.89. The van der Waals surface area contributed by atoms with E-state index in [1.807, 2.05) is 0 Å². The summed E-state index contributed by atoms with van der Waals surface area (Å²) in [6.45, 7) is 0. The molecule has 1 rings (SSSR count). The highest BCUT2D eigenvalue weighted by molar-refractivity contribution is 6.30. The number of amides is 2. The first kappa shape index (κ1) is 10.1. The summed E-state index contributed by atoms with van der Waals surface area (Å²) in [7, 11) is -2.17. The number of hydrogen-bond donors (Lipinski definition) is 4. The lowest BCUT2D eigenvalue weighted by Crippen LogP contribution is -2.18. The van der Waals surface area contributed by atoms with E-state index in [-0.39, 0.29) is 11.8 Å². The highest BCUT2D eigenvalue weighted by atomic mass is 16.5. The van der Waals surface area contributed by atoms with Gasteiger partial charge in [0.05, 0.1) is 0 Å². The van der Waals surface area contributed by atoms with Crippen LogP contribution in [0.1, 0.15) is 12.8 Å². The lowest BCUT2D eigenvalue weighted by Gasteiger charge is -1.79. The number of nitrogens with one attached hydrogen (secondary N) is 1.